The van der Waals surface area contributed by atoms with Gasteiger partial charge in [-0.05, 0) is 0 Å². The molecule has 0 saturated carbocycles. The average molecular weight is 139 g/mol. The summed E-state index contributed by atoms with van der Waals surface area (Å²) >= 11 is 0. The van der Waals surface area contributed by atoms with Crippen molar-refractivity contribution in [3.05, 3.63) is 11.4 Å². The molecule has 0 radical (unpaired) electrons. The van der Waals surface area contributed by atoms with Crippen molar-refractivity contribution in [2.45, 2.75) is 13.0 Å². The summed E-state index contributed by atoms with van der Waals surface area (Å²) in [7, 11) is 0. The first-order chi connectivity index (χ1) is 4.86. The second-order valence-electron chi connectivity index (χ2n) is 2.35. The molecule has 10 heavy (non-hydrogen) atoms. The lowest BCUT2D eigenvalue weighted by molar-refractivity contribution is 0.107. The van der Waals surface area contributed by atoms with Crippen LogP contribution in [0.15, 0.2) is 0 Å². The normalized spacial score (nSPS) is 16.8. The van der Waals surface area contributed by atoms with Crippen LogP contribution >= 0.6 is 0 Å². The molecule has 0 fully saturated rings. The number of nitrogens with two attached hydrogens (primary N) is 1. The van der Waals surface area contributed by atoms with E-state index in [1.807, 2.05) is 0 Å². The largest absolute Gasteiger partial charge is 0.375 e. The van der Waals surface area contributed by atoms with Gasteiger partial charge in [-0.15, -0.1) is 0 Å². The molecule has 0 aromatic carbocycles. The maximum absolute atomic E-state index is 5.44. The summed E-state index contributed by atoms with van der Waals surface area (Å²) in [4.78, 5) is 7.03. The van der Waals surface area contributed by atoms with Gasteiger partial charge in [-0.25, -0.2) is 4.98 Å². The molecule has 4 nitrogen and oxygen atoms in total. The zero-order valence-corrected chi connectivity index (χ0v) is 5.55. The molecular weight excluding hydrogens is 130 g/mol. The molecule has 2 heterocycles. The van der Waals surface area contributed by atoms with E-state index in [9.17, 15) is 0 Å². The minimum absolute atomic E-state index is 0.496. The molecule has 0 amide bonds. The van der Waals surface area contributed by atoms with Gasteiger partial charge in [0.25, 0.3) is 0 Å². The maximum Gasteiger partial charge on any atom is 0.197 e. The number of anilines is 1. The Labute approximate surface area is 58.4 Å². The fourth-order valence-corrected chi connectivity index (χ4v) is 1.14. The third-order valence-corrected chi connectivity index (χ3v) is 1.61. The number of aromatic nitrogens is 2. The maximum atomic E-state index is 5.44. The summed E-state index contributed by atoms with van der Waals surface area (Å²) in [5, 5.41) is 0. The number of nitrogens with zero attached hydrogens (tertiary/aromatic N) is 1. The van der Waals surface area contributed by atoms with E-state index in [0.29, 0.717) is 12.6 Å². The number of ether oxygens (including phenoxy) is 1. The molecule has 4 heteroatoms. The molecule has 0 bridgehead atoms. The zero-order valence-electron chi connectivity index (χ0n) is 5.55. The second-order valence-corrected chi connectivity index (χ2v) is 2.35. The number of nitrogen functional groups attached to an aromatic ring is 1. The molecule has 2 rings (SSSR count). The monoisotopic (exact) mass is 139 g/mol. The van der Waals surface area contributed by atoms with E-state index < -0.39 is 0 Å². The zero-order chi connectivity index (χ0) is 6.97. The van der Waals surface area contributed by atoms with Gasteiger partial charge in [0.15, 0.2) is 5.95 Å². The molecular formula is C6H9N3O. The first-order valence-electron chi connectivity index (χ1n) is 3.27. The van der Waals surface area contributed by atoms with Gasteiger partial charge in [-0.1, -0.05) is 0 Å². The van der Waals surface area contributed by atoms with Crippen LogP contribution in [0.1, 0.15) is 11.4 Å². The van der Waals surface area contributed by atoms with Gasteiger partial charge in [-0.2, -0.15) is 0 Å². The number of H-pyrrole nitrogens is 1. The van der Waals surface area contributed by atoms with Crippen LogP contribution in [-0.2, 0) is 17.8 Å². The molecule has 1 aliphatic rings. The first kappa shape index (κ1) is 5.73. The van der Waals surface area contributed by atoms with Crippen LogP contribution in [0.2, 0.25) is 0 Å². The topological polar surface area (TPSA) is 63.9 Å². The summed E-state index contributed by atoms with van der Waals surface area (Å²) in [6, 6.07) is 0. The highest BCUT2D eigenvalue weighted by Gasteiger charge is 2.12. The Morgan fingerprint density at radius 3 is 3.30 bits per heavy atom. The Morgan fingerprint density at radius 2 is 2.50 bits per heavy atom. The highest BCUT2D eigenvalue weighted by Crippen LogP contribution is 2.13. The SMILES string of the molecule is Nc1nc2c([nH]1)COCC2. The fraction of sp³-hybridized carbons (Fsp3) is 0.500. The van der Waals surface area contributed by atoms with Crippen molar-refractivity contribution in [1.82, 2.24) is 9.97 Å². The van der Waals surface area contributed by atoms with Crippen molar-refractivity contribution >= 4 is 5.95 Å². The van der Waals surface area contributed by atoms with Crippen molar-refractivity contribution in [1.29, 1.82) is 0 Å². The van der Waals surface area contributed by atoms with Gasteiger partial charge >= 0.3 is 0 Å². The predicted molar refractivity (Wildman–Crippen MR) is 36.4 cm³/mol. The fourth-order valence-electron chi connectivity index (χ4n) is 1.14. The van der Waals surface area contributed by atoms with Crippen molar-refractivity contribution in [3.8, 4) is 0 Å². The first-order valence-corrected chi connectivity index (χ1v) is 3.27. The van der Waals surface area contributed by atoms with E-state index in [0.717, 1.165) is 24.4 Å². The Kier molecular flexibility index (Phi) is 1.14. The molecule has 0 unspecified atom stereocenters. The summed E-state index contributed by atoms with van der Waals surface area (Å²) in [5.41, 5.74) is 7.53. The number of fused-ring (bicyclic) bond motifs is 1. The van der Waals surface area contributed by atoms with Crippen molar-refractivity contribution in [3.63, 3.8) is 0 Å². The smallest absolute Gasteiger partial charge is 0.197 e. The van der Waals surface area contributed by atoms with E-state index in [1.165, 1.54) is 0 Å². The molecule has 1 aliphatic heterocycles. The standard InChI is InChI=1S/C6H9N3O/c7-6-8-4-1-2-10-3-5(4)9-6/h1-3H2,(H3,7,8,9). The number of aromatic amines is 1. The lowest BCUT2D eigenvalue weighted by Gasteiger charge is -2.08. The van der Waals surface area contributed by atoms with Crippen LogP contribution in [0.25, 0.3) is 0 Å². The Morgan fingerprint density at radius 1 is 1.60 bits per heavy atom. The van der Waals surface area contributed by atoms with Crippen LogP contribution in [-0.4, -0.2) is 16.6 Å². The van der Waals surface area contributed by atoms with Gasteiger partial charge in [0.2, 0.25) is 0 Å². The molecule has 54 valence electrons. The Balaban J connectivity index is 2.41. The van der Waals surface area contributed by atoms with E-state index >= 15 is 0 Å². The number of hydrogen-bond donors (Lipinski definition) is 2. The summed E-state index contributed by atoms with van der Waals surface area (Å²) in [5.74, 6) is 0.496. The molecule has 0 aliphatic carbocycles. The van der Waals surface area contributed by atoms with E-state index in [2.05, 4.69) is 9.97 Å². The molecule has 1 aromatic heterocycles. The van der Waals surface area contributed by atoms with Crippen LogP contribution in [0.3, 0.4) is 0 Å². The average Bonchev–Trinajstić information content (AvgIpc) is 2.27. The third kappa shape index (κ3) is 0.769. The van der Waals surface area contributed by atoms with Crippen molar-refractivity contribution in [2.75, 3.05) is 12.3 Å². The number of rotatable bonds is 0. The van der Waals surface area contributed by atoms with Crippen LogP contribution in [0.5, 0.6) is 0 Å². The van der Waals surface area contributed by atoms with Gasteiger partial charge in [0, 0.05) is 6.42 Å². The lowest BCUT2D eigenvalue weighted by atomic mass is 10.2. The molecule has 3 N–H and O–H groups in total. The van der Waals surface area contributed by atoms with Crippen LogP contribution in [0, 0.1) is 0 Å². The summed E-state index contributed by atoms with van der Waals surface area (Å²) < 4.78 is 5.18. The van der Waals surface area contributed by atoms with Crippen LogP contribution < -0.4 is 5.73 Å². The molecule has 0 saturated heterocycles. The second kappa shape index (κ2) is 1.98. The van der Waals surface area contributed by atoms with Gasteiger partial charge < -0.3 is 15.5 Å². The quantitative estimate of drug-likeness (QED) is 0.534. The predicted octanol–water partition coefficient (Wildman–Crippen LogP) is 0.0646. The van der Waals surface area contributed by atoms with Crippen molar-refractivity contribution < 1.29 is 4.74 Å². The minimum atomic E-state index is 0.496. The number of hydrogen-bond acceptors (Lipinski definition) is 3. The van der Waals surface area contributed by atoms with E-state index in [-0.39, 0.29) is 0 Å². The molecule has 1 aromatic rings. The lowest BCUT2D eigenvalue weighted by Crippen LogP contribution is -2.08. The van der Waals surface area contributed by atoms with E-state index in [4.69, 9.17) is 10.5 Å². The van der Waals surface area contributed by atoms with E-state index in [1.54, 1.807) is 0 Å². The highest BCUT2D eigenvalue weighted by atomic mass is 16.5. The Bertz CT molecular complexity index is 220. The molecule has 0 atom stereocenters. The summed E-state index contributed by atoms with van der Waals surface area (Å²) in [6.45, 7) is 1.39. The van der Waals surface area contributed by atoms with Gasteiger partial charge in [0.05, 0.1) is 24.6 Å². The molecule has 0 spiro atoms. The summed E-state index contributed by atoms with van der Waals surface area (Å²) in [6.07, 6.45) is 0.878. The Hall–Kier alpha value is -1.03. The van der Waals surface area contributed by atoms with Crippen LogP contribution in [0.4, 0.5) is 5.95 Å². The number of nitrogens with one attached hydrogen (secondary N) is 1. The third-order valence-electron chi connectivity index (χ3n) is 1.61. The minimum Gasteiger partial charge on any atom is -0.375 e. The van der Waals surface area contributed by atoms with Gasteiger partial charge in [-0.3, -0.25) is 0 Å². The number of imidazole rings is 1. The highest BCUT2D eigenvalue weighted by molar-refractivity contribution is 5.26. The van der Waals surface area contributed by atoms with Crippen molar-refractivity contribution in [2.24, 2.45) is 0 Å². The van der Waals surface area contributed by atoms with Gasteiger partial charge in [0.1, 0.15) is 0 Å².